The van der Waals surface area contributed by atoms with Crippen molar-refractivity contribution in [3.63, 3.8) is 0 Å². The molecule has 6 nitrogen and oxygen atoms in total. The van der Waals surface area contributed by atoms with Gasteiger partial charge in [0.25, 0.3) is 5.91 Å². The third-order valence-electron chi connectivity index (χ3n) is 4.13. The van der Waals surface area contributed by atoms with Gasteiger partial charge in [-0.1, -0.05) is 42.5 Å². The molecule has 2 aromatic carbocycles. The number of anilines is 1. The summed E-state index contributed by atoms with van der Waals surface area (Å²) in [6.07, 6.45) is 0. The lowest BCUT2D eigenvalue weighted by Gasteiger charge is -2.14. The highest BCUT2D eigenvalue weighted by atomic mass is 16.2. The molecule has 25 heavy (non-hydrogen) atoms. The van der Waals surface area contributed by atoms with Crippen molar-refractivity contribution in [1.29, 1.82) is 0 Å². The number of nitrogens with one attached hydrogen (secondary N) is 2. The van der Waals surface area contributed by atoms with Crippen LogP contribution in [0.1, 0.15) is 22.7 Å². The molecule has 1 heterocycles. The predicted molar refractivity (Wildman–Crippen MR) is 94.0 cm³/mol. The van der Waals surface area contributed by atoms with E-state index >= 15 is 0 Å². The molecular formula is C19H19N3O3. The number of nitrogens with zero attached hydrogens (tertiary/aromatic N) is 1. The van der Waals surface area contributed by atoms with Gasteiger partial charge in [0.1, 0.15) is 12.6 Å². The summed E-state index contributed by atoms with van der Waals surface area (Å²) >= 11 is 0. The number of carbonyl (C=O) groups excluding carboxylic acids is 3. The molecule has 0 aromatic heterocycles. The van der Waals surface area contributed by atoms with Crippen LogP contribution < -0.4 is 10.6 Å². The Morgan fingerprint density at radius 3 is 2.56 bits per heavy atom. The quantitative estimate of drug-likeness (QED) is 0.842. The Morgan fingerprint density at radius 1 is 1.12 bits per heavy atom. The number of urea groups is 1. The van der Waals surface area contributed by atoms with E-state index in [-0.39, 0.29) is 6.54 Å². The van der Waals surface area contributed by atoms with Crippen LogP contribution in [0.5, 0.6) is 0 Å². The lowest BCUT2D eigenvalue weighted by atomic mass is 10.1. The van der Waals surface area contributed by atoms with Crippen LogP contribution in [0.25, 0.3) is 0 Å². The van der Waals surface area contributed by atoms with Crippen LogP contribution in [0.15, 0.2) is 48.5 Å². The van der Waals surface area contributed by atoms with Gasteiger partial charge in [0.15, 0.2) is 0 Å². The largest absolute Gasteiger partial charge is 0.325 e. The van der Waals surface area contributed by atoms with Crippen LogP contribution >= 0.6 is 0 Å². The molecule has 0 radical (unpaired) electrons. The zero-order valence-electron chi connectivity index (χ0n) is 14.1. The first kappa shape index (κ1) is 16.7. The normalized spacial score (nSPS) is 16.7. The molecular weight excluding hydrogens is 318 g/mol. The maximum absolute atomic E-state index is 12.5. The first-order valence-corrected chi connectivity index (χ1v) is 7.99. The molecule has 1 fully saturated rings. The molecule has 1 aliphatic rings. The second-order valence-corrected chi connectivity index (χ2v) is 6.08. The van der Waals surface area contributed by atoms with Crippen molar-refractivity contribution in [2.75, 3.05) is 11.9 Å². The molecule has 3 rings (SSSR count). The lowest BCUT2D eigenvalue weighted by molar-refractivity contribution is -0.130. The van der Waals surface area contributed by atoms with E-state index in [9.17, 15) is 14.4 Å². The molecule has 0 bridgehead atoms. The minimum Gasteiger partial charge on any atom is -0.324 e. The minimum atomic E-state index is -0.748. The predicted octanol–water partition coefficient (Wildman–Crippen LogP) is 2.54. The van der Waals surface area contributed by atoms with Gasteiger partial charge < -0.3 is 10.6 Å². The Bertz CT molecular complexity index is 833. The van der Waals surface area contributed by atoms with Crippen molar-refractivity contribution in [2.45, 2.75) is 19.9 Å². The standard InChI is InChI=1S/C19H19N3O3/c1-12-8-9-13(2)15(10-12)20-16(23)11-22-18(24)17(21-19(22)25)14-6-4-3-5-7-14/h3-10,17H,11H2,1-2H3,(H,20,23)(H,21,25). The Balaban J connectivity index is 1.70. The summed E-state index contributed by atoms with van der Waals surface area (Å²) in [6.45, 7) is 3.49. The van der Waals surface area contributed by atoms with Gasteiger partial charge in [0, 0.05) is 5.69 Å². The van der Waals surface area contributed by atoms with Crippen molar-refractivity contribution in [1.82, 2.24) is 10.2 Å². The molecule has 0 saturated carbocycles. The van der Waals surface area contributed by atoms with Crippen molar-refractivity contribution < 1.29 is 14.4 Å². The molecule has 2 N–H and O–H groups in total. The number of benzene rings is 2. The summed E-state index contributed by atoms with van der Waals surface area (Å²) in [5, 5.41) is 5.38. The van der Waals surface area contributed by atoms with Gasteiger partial charge in [0.05, 0.1) is 0 Å². The zero-order chi connectivity index (χ0) is 18.0. The molecule has 6 heteroatoms. The van der Waals surface area contributed by atoms with Gasteiger partial charge in [-0.3, -0.25) is 14.5 Å². The number of aryl methyl sites for hydroxylation is 2. The number of imide groups is 1. The third kappa shape index (κ3) is 3.52. The smallest absolute Gasteiger partial charge is 0.324 e. The Kier molecular flexibility index (Phi) is 4.52. The number of hydrogen-bond acceptors (Lipinski definition) is 3. The number of carbonyl (C=O) groups is 3. The zero-order valence-corrected chi connectivity index (χ0v) is 14.1. The van der Waals surface area contributed by atoms with Gasteiger partial charge in [-0.2, -0.15) is 0 Å². The summed E-state index contributed by atoms with van der Waals surface area (Å²) in [6, 6.07) is 13.4. The molecule has 1 atom stereocenters. The molecule has 1 aliphatic heterocycles. The second kappa shape index (κ2) is 6.76. The summed E-state index contributed by atoms with van der Waals surface area (Å²) in [7, 11) is 0. The highest BCUT2D eigenvalue weighted by Gasteiger charge is 2.39. The van der Waals surface area contributed by atoms with Gasteiger partial charge in [-0.25, -0.2) is 4.79 Å². The maximum Gasteiger partial charge on any atom is 0.325 e. The monoisotopic (exact) mass is 337 g/mol. The molecule has 1 saturated heterocycles. The summed E-state index contributed by atoms with van der Waals surface area (Å²) in [5.41, 5.74) is 3.30. The van der Waals surface area contributed by atoms with Crippen LogP contribution in [0.2, 0.25) is 0 Å². The number of amides is 4. The topological polar surface area (TPSA) is 78.5 Å². The van der Waals surface area contributed by atoms with Crippen LogP contribution in [0, 0.1) is 13.8 Å². The van der Waals surface area contributed by atoms with Crippen LogP contribution in [0.3, 0.4) is 0 Å². The van der Waals surface area contributed by atoms with Crippen molar-refractivity contribution in [3.8, 4) is 0 Å². The third-order valence-corrected chi connectivity index (χ3v) is 4.13. The summed E-state index contributed by atoms with van der Waals surface area (Å²) < 4.78 is 0. The van der Waals surface area contributed by atoms with Crippen molar-refractivity contribution in [3.05, 3.63) is 65.2 Å². The molecule has 4 amide bonds. The Labute approximate surface area is 145 Å². The van der Waals surface area contributed by atoms with E-state index in [1.54, 1.807) is 24.3 Å². The van der Waals surface area contributed by atoms with Crippen LogP contribution in [-0.2, 0) is 9.59 Å². The molecule has 0 spiro atoms. The Morgan fingerprint density at radius 2 is 1.84 bits per heavy atom. The van der Waals surface area contributed by atoms with E-state index in [4.69, 9.17) is 0 Å². The van der Waals surface area contributed by atoms with Crippen molar-refractivity contribution in [2.24, 2.45) is 0 Å². The van der Waals surface area contributed by atoms with E-state index < -0.39 is 23.9 Å². The van der Waals surface area contributed by atoms with Gasteiger partial charge in [0.2, 0.25) is 5.91 Å². The highest BCUT2D eigenvalue weighted by molar-refractivity contribution is 6.08. The number of rotatable bonds is 4. The molecule has 2 aromatic rings. The highest BCUT2D eigenvalue weighted by Crippen LogP contribution is 2.22. The van der Waals surface area contributed by atoms with E-state index in [1.165, 1.54) is 0 Å². The second-order valence-electron chi connectivity index (χ2n) is 6.08. The van der Waals surface area contributed by atoms with Crippen LogP contribution in [0.4, 0.5) is 10.5 Å². The molecule has 0 aliphatic carbocycles. The minimum absolute atomic E-state index is 0.318. The first-order chi connectivity index (χ1) is 12.0. The lowest BCUT2D eigenvalue weighted by Crippen LogP contribution is -2.38. The summed E-state index contributed by atoms with van der Waals surface area (Å²) in [4.78, 5) is 37.8. The fourth-order valence-corrected chi connectivity index (χ4v) is 2.74. The first-order valence-electron chi connectivity index (χ1n) is 7.99. The van der Waals surface area contributed by atoms with Gasteiger partial charge in [-0.05, 0) is 36.6 Å². The van der Waals surface area contributed by atoms with E-state index in [0.29, 0.717) is 11.3 Å². The fraction of sp³-hybridized carbons (Fsp3) is 0.211. The maximum atomic E-state index is 12.5. The van der Waals surface area contributed by atoms with E-state index in [1.807, 2.05) is 38.1 Å². The van der Waals surface area contributed by atoms with E-state index in [2.05, 4.69) is 10.6 Å². The van der Waals surface area contributed by atoms with E-state index in [0.717, 1.165) is 16.0 Å². The summed E-state index contributed by atoms with van der Waals surface area (Å²) in [5.74, 6) is -0.835. The van der Waals surface area contributed by atoms with Gasteiger partial charge >= 0.3 is 6.03 Å². The number of hydrogen-bond donors (Lipinski definition) is 2. The molecule has 1 unspecified atom stereocenters. The van der Waals surface area contributed by atoms with Gasteiger partial charge in [-0.15, -0.1) is 0 Å². The van der Waals surface area contributed by atoms with Crippen molar-refractivity contribution >= 4 is 23.5 Å². The SMILES string of the molecule is Cc1ccc(C)c(NC(=O)CN2C(=O)NC(c3ccccc3)C2=O)c1. The van der Waals surface area contributed by atoms with Crippen LogP contribution in [-0.4, -0.2) is 29.3 Å². The fourth-order valence-electron chi connectivity index (χ4n) is 2.74. The average molecular weight is 337 g/mol. The molecule has 128 valence electrons. The Hall–Kier alpha value is -3.15. The average Bonchev–Trinajstić information content (AvgIpc) is 2.87.